The molecule has 0 aliphatic carbocycles. The lowest BCUT2D eigenvalue weighted by Gasteiger charge is -2.33. The SMILES string of the molecule is CC1COCCN1C(=O)c1cccc(NS(=O)(=O)c2ccccc2Cl)c1. The molecule has 3 rings (SSSR count). The zero-order chi connectivity index (χ0) is 18.7. The Morgan fingerprint density at radius 3 is 2.73 bits per heavy atom. The van der Waals surface area contributed by atoms with E-state index < -0.39 is 10.0 Å². The Labute approximate surface area is 157 Å². The first kappa shape index (κ1) is 18.7. The minimum Gasteiger partial charge on any atom is -0.377 e. The van der Waals surface area contributed by atoms with Gasteiger partial charge in [-0.25, -0.2) is 8.42 Å². The van der Waals surface area contributed by atoms with Gasteiger partial charge in [0.15, 0.2) is 0 Å². The Hall–Kier alpha value is -2.09. The smallest absolute Gasteiger partial charge is 0.263 e. The highest BCUT2D eigenvalue weighted by molar-refractivity contribution is 7.92. The summed E-state index contributed by atoms with van der Waals surface area (Å²) in [4.78, 5) is 14.4. The number of halogens is 1. The van der Waals surface area contributed by atoms with Gasteiger partial charge in [0.25, 0.3) is 15.9 Å². The van der Waals surface area contributed by atoms with Crippen molar-refractivity contribution in [2.45, 2.75) is 17.9 Å². The number of rotatable bonds is 4. The number of sulfonamides is 1. The Morgan fingerprint density at radius 1 is 1.23 bits per heavy atom. The first-order valence-corrected chi connectivity index (χ1v) is 10.0. The van der Waals surface area contributed by atoms with Crippen molar-refractivity contribution in [2.75, 3.05) is 24.5 Å². The van der Waals surface area contributed by atoms with E-state index in [9.17, 15) is 13.2 Å². The topological polar surface area (TPSA) is 75.7 Å². The molecular formula is C18H19ClN2O4S. The minimum atomic E-state index is -3.85. The van der Waals surface area contributed by atoms with Crippen LogP contribution in [0.2, 0.25) is 5.02 Å². The highest BCUT2D eigenvalue weighted by Gasteiger charge is 2.25. The Bertz CT molecular complexity index is 917. The average molecular weight is 395 g/mol. The molecular weight excluding hydrogens is 376 g/mol. The molecule has 6 nitrogen and oxygen atoms in total. The van der Waals surface area contributed by atoms with E-state index in [2.05, 4.69) is 4.72 Å². The predicted octanol–water partition coefficient (Wildman–Crippen LogP) is 3.00. The van der Waals surface area contributed by atoms with E-state index in [1.807, 2.05) is 6.92 Å². The van der Waals surface area contributed by atoms with Crippen LogP contribution in [0.1, 0.15) is 17.3 Å². The van der Waals surface area contributed by atoms with Crippen LogP contribution >= 0.6 is 11.6 Å². The highest BCUT2D eigenvalue weighted by Crippen LogP contribution is 2.24. The summed E-state index contributed by atoms with van der Waals surface area (Å²) in [5.74, 6) is -0.153. The molecule has 1 aliphatic heterocycles. The number of hydrogen-bond donors (Lipinski definition) is 1. The maximum Gasteiger partial charge on any atom is 0.263 e. The molecule has 1 saturated heterocycles. The van der Waals surface area contributed by atoms with Crippen LogP contribution in [-0.4, -0.2) is 45.0 Å². The van der Waals surface area contributed by atoms with Crippen LogP contribution in [0.15, 0.2) is 53.4 Å². The van der Waals surface area contributed by atoms with Crippen molar-refractivity contribution in [1.29, 1.82) is 0 Å². The molecule has 0 aromatic heterocycles. The molecule has 26 heavy (non-hydrogen) atoms. The lowest BCUT2D eigenvalue weighted by Crippen LogP contribution is -2.47. The third kappa shape index (κ3) is 4.00. The maximum atomic E-state index is 12.7. The number of nitrogens with one attached hydrogen (secondary N) is 1. The van der Waals surface area contributed by atoms with Crippen molar-refractivity contribution in [2.24, 2.45) is 0 Å². The van der Waals surface area contributed by atoms with Gasteiger partial charge in [-0.2, -0.15) is 0 Å². The molecule has 2 aromatic carbocycles. The summed E-state index contributed by atoms with van der Waals surface area (Å²) in [6.45, 7) is 3.41. The van der Waals surface area contributed by atoms with E-state index in [1.54, 1.807) is 35.2 Å². The van der Waals surface area contributed by atoms with Gasteiger partial charge >= 0.3 is 0 Å². The molecule has 1 atom stereocenters. The molecule has 1 fully saturated rings. The molecule has 0 saturated carbocycles. The fourth-order valence-corrected chi connectivity index (χ4v) is 4.35. The lowest BCUT2D eigenvalue weighted by atomic mass is 10.1. The standard InChI is InChI=1S/C18H19ClN2O4S/c1-13-12-25-10-9-21(13)18(22)14-5-4-6-15(11-14)20-26(23,24)17-8-3-2-7-16(17)19/h2-8,11,13,20H,9-10,12H2,1H3. The number of carbonyl (C=O) groups excluding carboxylic acids is 1. The molecule has 1 unspecified atom stereocenters. The average Bonchev–Trinajstić information content (AvgIpc) is 2.61. The van der Waals surface area contributed by atoms with Crippen molar-refractivity contribution < 1.29 is 17.9 Å². The number of anilines is 1. The molecule has 138 valence electrons. The van der Waals surface area contributed by atoms with Gasteiger partial charge in [0.1, 0.15) is 4.90 Å². The number of ether oxygens (including phenoxy) is 1. The highest BCUT2D eigenvalue weighted by atomic mass is 35.5. The zero-order valence-corrected chi connectivity index (χ0v) is 15.8. The van der Waals surface area contributed by atoms with E-state index >= 15 is 0 Å². The number of nitrogens with zero attached hydrogens (tertiary/aromatic N) is 1. The fraction of sp³-hybridized carbons (Fsp3) is 0.278. The van der Waals surface area contributed by atoms with Gasteiger partial charge in [-0.15, -0.1) is 0 Å². The van der Waals surface area contributed by atoms with Crippen molar-refractivity contribution >= 4 is 33.2 Å². The van der Waals surface area contributed by atoms with Crippen molar-refractivity contribution in [3.63, 3.8) is 0 Å². The summed E-state index contributed by atoms with van der Waals surface area (Å²) in [7, 11) is -3.85. The van der Waals surface area contributed by atoms with Crippen molar-refractivity contribution in [1.82, 2.24) is 4.90 Å². The predicted molar refractivity (Wildman–Crippen MR) is 100 cm³/mol. The maximum absolute atomic E-state index is 12.7. The second kappa shape index (κ2) is 7.65. The van der Waals surface area contributed by atoms with Gasteiger partial charge in [0.05, 0.1) is 24.3 Å². The van der Waals surface area contributed by atoms with Crippen LogP contribution in [0, 0.1) is 0 Å². The summed E-state index contributed by atoms with van der Waals surface area (Å²) in [6.07, 6.45) is 0. The number of hydrogen-bond acceptors (Lipinski definition) is 4. The third-order valence-electron chi connectivity index (χ3n) is 4.12. The molecule has 1 heterocycles. The van der Waals surface area contributed by atoms with Gasteiger partial charge in [0, 0.05) is 17.8 Å². The van der Waals surface area contributed by atoms with Crippen molar-refractivity contribution in [3.8, 4) is 0 Å². The normalized spacial score (nSPS) is 17.8. The van der Waals surface area contributed by atoms with Gasteiger partial charge < -0.3 is 9.64 Å². The largest absolute Gasteiger partial charge is 0.377 e. The molecule has 0 bridgehead atoms. The molecule has 1 aliphatic rings. The Morgan fingerprint density at radius 2 is 2.00 bits per heavy atom. The van der Waals surface area contributed by atoms with Crippen LogP contribution < -0.4 is 4.72 Å². The number of morpholine rings is 1. The summed E-state index contributed by atoms with van der Waals surface area (Å²) in [6, 6.07) is 12.6. The van der Waals surface area contributed by atoms with Crippen LogP contribution in [0.3, 0.4) is 0 Å². The van der Waals surface area contributed by atoms with E-state index in [4.69, 9.17) is 16.3 Å². The Balaban J connectivity index is 1.83. The van der Waals surface area contributed by atoms with Crippen LogP contribution in [0.4, 0.5) is 5.69 Å². The van der Waals surface area contributed by atoms with Crippen LogP contribution in [0.25, 0.3) is 0 Å². The summed E-state index contributed by atoms with van der Waals surface area (Å²) in [5.41, 5.74) is 0.717. The van der Waals surface area contributed by atoms with Gasteiger partial charge in [0.2, 0.25) is 0 Å². The minimum absolute atomic E-state index is 0.0137. The lowest BCUT2D eigenvalue weighted by molar-refractivity contribution is 0.00360. The molecule has 0 radical (unpaired) electrons. The molecule has 1 N–H and O–H groups in total. The summed E-state index contributed by atoms with van der Waals surface area (Å²) in [5, 5.41) is 0.134. The van der Waals surface area contributed by atoms with E-state index in [0.717, 1.165) is 0 Å². The second-order valence-corrected chi connectivity index (χ2v) is 8.10. The quantitative estimate of drug-likeness (QED) is 0.864. The van der Waals surface area contributed by atoms with Crippen LogP contribution in [0.5, 0.6) is 0 Å². The fourth-order valence-electron chi connectivity index (χ4n) is 2.78. The molecule has 0 spiro atoms. The number of carbonyl (C=O) groups is 1. The first-order chi connectivity index (χ1) is 12.4. The Kier molecular flexibility index (Phi) is 5.50. The third-order valence-corrected chi connectivity index (χ3v) is 6.00. The zero-order valence-electron chi connectivity index (χ0n) is 14.2. The number of amides is 1. The van der Waals surface area contributed by atoms with E-state index in [1.165, 1.54) is 18.2 Å². The second-order valence-electron chi connectivity index (χ2n) is 6.04. The molecule has 8 heteroatoms. The summed E-state index contributed by atoms with van der Waals surface area (Å²) < 4.78 is 32.9. The van der Waals surface area contributed by atoms with Gasteiger partial charge in [-0.3, -0.25) is 9.52 Å². The summed E-state index contributed by atoms with van der Waals surface area (Å²) >= 11 is 5.98. The first-order valence-electron chi connectivity index (χ1n) is 8.14. The van der Waals surface area contributed by atoms with Crippen molar-refractivity contribution in [3.05, 3.63) is 59.1 Å². The van der Waals surface area contributed by atoms with E-state index in [0.29, 0.717) is 31.0 Å². The van der Waals surface area contributed by atoms with Crippen LogP contribution in [-0.2, 0) is 14.8 Å². The molecule has 1 amide bonds. The van der Waals surface area contributed by atoms with Gasteiger partial charge in [-0.05, 0) is 37.3 Å². The van der Waals surface area contributed by atoms with E-state index in [-0.39, 0.29) is 21.9 Å². The number of benzene rings is 2. The monoisotopic (exact) mass is 394 g/mol. The molecule has 2 aromatic rings. The van der Waals surface area contributed by atoms with Gasteiger partial charge in [-0.1, -0.05) is 29.8 Å².